The van der Waals surface area contributed by atoms with Gasteiger partial charge in [0.05, 0.1) is 6.26 Å². The predicted molar refractivity (Wildman–Crippen MR) is 74.6 cm³/mol. The summed E-state index contributed by atoms with van der Waals surface area (Å²) in [7, 11) is 0. The highest BCUT2D eigenvalue weighted by Crippen LogP contribution is 2.24. The summed E-state index contributed by atoms with van der Waals surface area (Å²) in [5, 5.41) is 3.34. The van der Waals surface area contributed by atoms with Crippen LogP contribution in [0.5, 0.6) is 0 Å². The Balaban J connectivity index is 2.25. The average Bonchev–Trinajstić information content (AvgIpc) is 2.85. The van der Waals surface area contributed by atoms with Gasteiger partial charge < -0.3 is 9.73 Å². The van der Waals surface area contributed by atoms with E-state index in [1.807, 2.05) is 19.9 Å². The standard InChI is InChI=1S/C16H19F2NO/c1-3-16-14(5-6-20-16)15(19-4-2)9-11-7-12(17)10-13(18)8-11/h5-8,10,15,19H,3-4,9H2,1-2H3. The lowest BCUT2D eigenvalue weighted by atomic mass is 9.98. The molecular formula is C16H19F2NO. The van der Waals surface area contributed by atoms with E-state index < -0.39 is 11.6 Å². The van der Waals surface area contributed by atoms with Crippen molar-refractivity contribution in [1.82, 2.24) is 5.32 Å². The highest BCUT2D eigenvalue weighted by Gasteiger charge is 2.17. The zero-order valence-electron chi connectivity index (χ0n) is 11.7. The van der Waals surface area contributed by atoms with E-state index >= 15 is 0 Å². The molecule has 0 aliphatic carbocycles. The number of hydrogen-bond acceptors (Lipinski definition) is 2. The summed E-state index contributed by atoms with van der Waals surface area (Å²) in [6.45, 7) is 4.80. The first-order chi connectivity index (χ1) is 9.63. The van der Waals surface area contributed by atoms with Gasteiger partial charge in [-0.05, 0) is 36.7 Å². The van der Waals surface area contributed by atoms with Crippen molar-refractivity contribution in [3.63, 3.8) is 0 Å². The lowest BCUT2D eigenvalue weighted by molar-refractivity contribution is 0.486. The van der Waals surface area contributed by atoms with Crippen LogP contribution in [0.1, 0.15) is 36.8 Å². The molecule has 2 rings (SSSR count). The van der Waals surface area contributed by atoms with Gasteiger partial charge in [-0.15, -0.1) is 0 Å². The summed E-state index contributed by atoms with van der Waals surface area (Å²) in [4.78, 5) is 0. The van der Waals surface area contributed by atoms with E-state index in [-0.39, 0.29) is 6.04 Å². The van der Waals surface area contributed by atoms with Gasteiger partial charge in [-0.25, -0.2) is 8.78 Å². The fraction of sp³-hybridized carbons (Fsp3) is 0.375. The SMILES string of the molecule is CCNC(Cc1cc(F)cc(F)c1)c1ccoc1CC. The minimum Gasteiger partial charge on any atom is -0.469 e. The van der Waals surface area contributed by atoms with E-state index in [9.17, 15) is 8.78 Å². The Morgan fingerprint density at radius 2 is 1.85 bits per heavy atom. The third kappa shape index (κ3) is 3.45. The molecule has 0 amide bonds. The Hall–Kier alpha value is -1.68. The number of hydrogen-bond donors (Lipinski definition) is 1. The highest BCUT2D eigenvalue weighted by molar-refractivity contribution is 5.26. The van der Waals surface area contributed by atoms with Gasteiger partial charge in [0.25, 0.3) is 0 Å². The molecule has 2 aromatic rings. The van der Waals surface area contributed by atoms with Gasteiger partial charge in [0, 0.05) is 24.1 Å². The second-order valence-electron chi connectivity index (χ2n) is 4.74. The third-order valence-electron chi connectivity index (χ3n) is 3.29. The normalized spacial score (nSPS) is 12.6. The quantitative estimate of drug-likeness (QED) is 0.864. The monoisotopic (exact) mass is 279 g/mol. The van der Waals surface area contributed by atoms with Crippen molar-refractivity contribution >= 4 is 0 Å². The van der Waals surface area contributed by atoms with E-state index in [1.165, 1.54) is 12.1 Å². The highest BCUT2D eigenvalue weighted by atomic mass is 19.1. The van der Waals surface area contributed by atoms with Gasteiger partial charge in [-0.3, -0.25) is 0 Å². The molecule has 0 radical (unpaired) electrons. The number of nitrogens with one attached hydrogen (secondary N) is 1. The van der Waals surface area contributed by atoms with Crippen molar-refractivity contribution < 1.29 is 13.2 Å². The number of aryl methyl sites for hydroxylation is 1. The second kappa shape index (κ2) is 6.66. The topological polar surface area (TPSA) is 25.2 Å². The molecule has 0 aliphatic rings. The maximum atomic E-state index is 13.3. The molecule has 0 saturated carbocycles. The van der Waals surface area contributed by atoms with Crippen LogP contribution >= 0.6 is 0 Å². The molecule has 0 aliphatic heterocycles. The first-order valence-corrected chi connectivity index (χ1v) is 6.88. The molecule has 2 nitrogen and oxygen atoms in total. The number of rotatable bonds is 6. The third-order valence-corrected chi connectivity index (χ3v) is 3.29. The second-order valence-corrected chi connectivity index (χ2v) is 4.74. The van der Waals surface area contributed by atoms with Gasteiger partial charge in [-0.1, -0.05) is 13.8 Å². The Labute approximate surface area is 117 Å². The van der Waals surface area contributed by atoms with E-state index in [4.69, 9.17) is 4.42 Å². The zero-order chi connectivity index (χ0) is 14.5. The summed E-state index contributed by atoms with van der Waals surface area (Å²) in [5.74, 6) is -0.177. The molecule has 1 N–H and O–H groups in total. The van der Waals surface area contributed by atoms with E-state index in [0.29, 0.717) is 12.0 Å². The number of likely N-dealkylation sites (N-methyl/N-ethyl adjacent to an activating group) is 1. The van der Waals surface area contributed by atoms with Crippen LogP contribution in [0.2, 0.25) is 0 Å². The summed E-state index contributed by atoms with van der Waals surface area (Å²) >= 11 is 0. The van der Waals surface area contributed by atoms with Crippen molar-refractivity contribution in [2.24, 2.45) is 0 Å². The molecule has 0 spiro atoms. The van der Waals surface area contributed by atoms with Crippen molar-refractivity contribution in [2.75, 3.05) is 6.54 Å². The van der Waals surface area contributed by atoms with Crippen molar-refractivity contribution in [3.05, 3.63) is 59.1 Å². The van der Waals surface area contributed by atoms with Crippen LogP contribution in [-0.4, -0.2) is 6.54 Å². The predicted octanol–water partition coefficient (Wildman–Crippen LogP) is 4.01. The molecule has 1 heterocycles. The molecule has 4 heteroatoms. The smallest absolute Gasteiger partial charge is 0.126 e. The molecule has 0 bridgehead atoms. The number of furan rings is 1. The molecule has 1 unspecified atom stereocenters. The van der Waals surface area contributed by atoms with Crippen LogP contribution in [0.15, 0.2) is 34.9 Å². The summed E-state index contributed by atoms with van der Waals surface area (Å²) in [6, 6.07) is 5.55. The minimum atomic E-state index is -0.543. The van der Waals surface area contributed by atoms with E-state index in [1.54, 1.807) is 6.26 Å². The average molecular weight is 279 g/mol. The lowest BCUT2D eigenvalue weighted by Crippen LogP contribution is -2.23. The zero-order valence-corrected chi connectivity index (χ0v) is 11.7. The van der Waals surface area contributed by atoms with Crippen molar-refractivity contribution in [2.45, 2.75) is 32.7 Å². The first-order valence-electron chi connectivity index (χ1n) is 6.88. The molecule has 0 fully saturated rings. The minimum absolute atomic E-state index is 0.00472. The molecule has 1 aromatic heterocycles. The van der Waals surface area contributed by atoms with Crippen LogP contribution < -0.4 is 5.32 Å². The number of halogens is 2. The Morgan fingerprint density at radius 3 is 2.45 bits per heavy atom. The molecule has 20 heavy (non-hydrogen) atoms. The maximum absolute atomic E-state index is 13.3. The summed E-state index contributed by atoms with van der Waals surface area (Å²) in [6.07, 6.45) is 2.97. The van der Waals surface area contributed by atoms with Crippen molar-refractivity contribution in [3.8, 4) is 0 Å². The maximum Gasteiger partial charge on any atom is 0.126 e. The van der Waals surface area contributed by atoms with Crippen LogP contribution in [0.3, 0.4) is 0 Å². The Bertz CT molecular complexity index is 545. The lowest BCUT2D eigenvalue weighted by Gasteiger charge is -2.18. The van der Waals surface area contributed by atoms with Gasteiger partial charge in [0.1, 0.15) is 17.4 Å². The fourth-order valence-electron chi connectivity index (χ4n) is 2.45. The van der Waals surface area contributed by atoms with Crippen LogP contribution in [-0.2, 0) is 12.8 Å². The van der Waals surface area contributed by atoms with Gasteiger partial charge >= 0.3 is 0 Å². The molecule has 108 valence electrons. The van der Waals surface area contributed by atoms with Gasteiger partial charge in [0.2, 0.25) is 0 Å². The largest absolute Gasteiger partial charge is 0.469 e. The summed E-state index contributed by atoms with van der Waals surface area (Å²) in [5.41, 5.74) is 1.69. The van der Waals surface area contributed by atoms with E-state index in [0.717, 1.165) is 30.4 Å². The van der Waals surface area contributed by atoms with Crippen molar-refractivity contribution in [1.29, 1.82) is 0 Å². The first kappa shape index (κ1) is 14.7. The van der Waals surface area contributed by atoms with Crippen LogP contribution in [0, 0.1) is 11.6 Å². The fourth-order valence-corrected chi connectivity index (χ4v) is 2.45. The molecular weight excluding hydrogens is 260 g/mol. The Morgan fingerprint density at radius 1 is 1.15 bits per heavy atom. The molecule has 1 aromatic carbocycles. The number of benzene rings is 1. The van der Waals surface area contributed by atoms with E-state index in [2.05, 4.69) is 5.32 Å². The van der Waals surface area contributed by atoms with Crippen LogP contribution in [0.4, 0.5) is 8.78 Å². The summed E-state index contributed by atoms with van der Waals surface area (Å²) < 4.78 is 32.0. The molecule has 0 saturated heterocycles. The van der Waals surface area contributed by atoms with Gasteiger partial charge in [-0.2, -0.15) is 0 Å². The molecule has 1 atom stereocenters. The Kier molecular flexibility index (Phi) is 4.90. The van der Waals surface area contributed by atoms with Gasteiger partial charge in [0.15, 0.2) is 0 Å². The van der Waals surface area contributed by atoms with Crippen LogP contribution in [0.25, 0.3) is 0 Å².